The monoisotopic (exact) mass is 657 g/mol. The van der Waals surface area contributed by atoms with E-state index in [1.807, 2.05) is 42.5 Å². The summed E-state index contributed by atoms with van der Waals surface area (Å²) >= 11 is 0. The SMILES string of the molecule is CC(C)(C)OC(=O)C[C@H](NC(=O)OCc1ccccc1)C(=O)NC(Cc1ccccc1)C(=O)N[C@@H](Cc1ccccc1)C(=O)[C@@]1(C)CO1. The normalized spacial score (nSPS) is 17.2. The van der Waals surface area contributed by atoms with Crippen LogP contribution in [0.4, 0.5) is 4.79 Å². The topological polar surface area (TPSA) is 152 Å². The lowest BCUT2D eigenvalue weighted by Crippen LogP contribution is -2.58. The van der Waals surface area contributed by atoms with Gasteiger partial charge < -0.3 is 30.2 Å². The zero-order chi connectivity index (χ0) is 34.7. The first-order valence-corrected chi connectivity index (χ1v) is 15.9. The first-order valence-electron chi connectivity index (χ1n) is 15.9. The summed E-state index contributed by atoms with van der Waals surface area (Å²) in [4.78, 5) is 66.8. The van der Waals surface area contributed by atoms with Gasteiger partial charge in [-0.05, 0) is 50.8 Å². The lowest BCUT2D eigenvalue weighted by molar-refractivity contribution is -0.156. The van der Waals surface area contributed by atoms with E-state index in [1.54, 1.807) is 76.2 Å². The van der Waals surface area contributed by atoms with Gasteiger partial charge in [0.1, 0.15) is 29.9 Å². The van der Waals surface area contributed by atoms with Crippen LogP contribution in [-0.4, -0.2) is 65.6 Å². The average molecular weight is 658 g/mol. The van der Waals surface area contributed by atoms with Gasteiger partial charge in [0.15, 0.2) is 5.78 Å². The number of Topliss-reactive ketones (excluding diaryl/α,β-unsaturated/α-hetero) is 1. The summed E-state index contributed by atoms with van der Waals surface area (Å²) in [6.45, 7) is 6.90. The zero-order valence-corrected chi connectivity index (χ0v) is 27.7. The number of rotatable bonds is 15. The van der Waals surface area contributed by atoms with Crippen molar-refractivity contribution in [3.63, 3.8) is 0 Å². The van der Waals surface area contributed by atoms with Gasteiger partial charge in [0.25, 0.3) is 0 Å². The molecule has 254 valence electrons. The van der Waals surface area contributed by atoms with Crippen molar-refractivity contribution >= 4 is 29.7 Å². The summed E-state index contributed by atoms with van der Waals surface area (Å²) in [5.74, 6) is -2.44. The molecular formula is C37H43N3O8. The Morgan fingerprint density at radius 1 is 0.708 bits per heavy atom. The van der Waals surface area contributed by atoms with Crippen LogP contribution in [0.3, 0.4) is 0 Å². The van der Waals surface area contributed by atoms with Gasteiger partial charge in [0.2, 0.25) is 11.8 Å². The third-order valence-electron chi connectivity index (χ3n) is 7.54. The Bertz CT molecular complexity index is 1550. The van der Waals surface area contributed by atoms with E-state index in [2.05, 4.69) is 16.0 Å². The Hall–Kier alpha value is -5.03. The predicted molar refractivity (Wildman–Crippen MR) is 178 cm³/mol. The lowest BCUT2D eigenvalue weighted by Gasteiger charge is -2.26. The molecule has 11 heteroatoms. The van der Waals surface area contributed by atoms with Gasteiger partial charge in [0.05, 0.1) is 19.1 Å². The highest BCUT2D eigenvalue weighted by molar-refractivity contribution is 5.99. The van der Waals surface area contributed by atoms with Gasteiger partial charge in [-0.25, -0.2) is 4.79 Å². The minimum absolute atomic E-state index is 0.0635. The molecule has 48 heavy (non-hydrogen) atoms. The van der Waals surface area contributed by atoms with Gasteiger partial charge in [0, 0.05) is 6.42 Å². The minimum atomic E-state index is -1.44. The van der Waals surface area contributed by atoms with Gasteiger partial charge in [-0.15, -0.1) is 0 Å². The molecule has 1 saturated heterocycles. The van der Waals surface area contributed by atoms with Crippen LogP contribution in [0.1, 0.15) is 50.8 Å². The van der Waals surface area contributed by atoms with Crippen LogP contribution in [0.5, 0.6) is 0 Å². The van der Waals surface area contributed by atoms with E-state index >= 15 is 0 Å². The summed E-state index contributed by atoms with van der Waals surface area (Å²) in [7, 11) is 0. The van der Waals surface area contributed by atoms with E-state index < -0.39 is 59.6 Å². The number of benzene rings is 3. The molecule has 0 aromatic heterocycles. The summed E-state index contributed by atoms with van der Waals surface area (Å²) in [6.07, 6.45) is -1.17. The van der Waals surface area contributed by atoms with E-state index in [9.17, 15) is 24.0 Å². The second-order valence-corrected chi connectivity index (χ2v) is 12.9. The fraction of sp³-hybridized carbons (Fsp3) is 0.378. The smallest absolute Gasteiger partial charge is 0.408 e. The molecule has 1 fully saturated rings. The van der Waals surface area contributed by atoms with Crippen LogP contribution in [0, 0.1) is 0 Å². The molecule has 3 N–H and O–H groups in total. The van der Waals surface area contributed by atoms with Gasteiger partial charge in [-0.3, -0.25) is 19.2 Å². The van der Waals surface area contributed by atoms with Crippen LogP contribution in [0.15, 0.2) is 91.0 Å². The number of carbonyl (C=O) groups excluding carboxylic acids is 5. The number of esters is 1. The Balaban J connectivity index is 1.54. The molecule has 0 radical (unpaired) electrons. The Kier molecular flexibility index (Phi) is 12.1. The number of ether oxygens (including phenoxy) is 3. The Morgan fingerprint density at radius 3 is 1.67 bits per heavy atom. The molecule has 3 aromatic rings. The number of epoxide rings is 1. The molecule has 0 spiro atoms. The second-order valence-electron chi connectivity index (χ2n) is 12.9. The van der Waals surface area contributed by atoms with E-state index in [0.29, 0.717) is 0 Å². The molecule has 11 nitrogen and oxygen atoms in total. The first kappa shape index (κ1) is 35.8. The van der Waals surface area contributed by atoms with Crippen LogP contribution < -0.4 is 16.0 Å². The molecule has 3 aromatic carbocycles. The van der Waals surface area contributed by atoms with Gasteiger partial charge in [-0.1, -0.05) is 91.0 Å². The predicted octanol–water partition coefficient (Wildman–Crippen LogP) is 3.83. The average Bonchev–Trinajstić information content (AvgIpc) is 3.81. The highest BCUT2D eigenvalue weighted by Gasteiger charge is 2.50. The maximum Gasteiger partial charge on any atom is 0.408 e. The number of nitrogens with one attached hydrogen (secondary N) is 3. The molecule has 1 aliphatic heterocycles. The van der Waals surface area contributed by atoms with Crippen molar-refractivity contribution in [3.8, 4) is 0 Å². The number of hydrogen-bond acceptors (Lipinski definition) is 8. The van der Waals surface area contributed by atoms with E-state index in [1.165, 1.54) is 0 Å². The molecule has 4 rings (SSSR count). The number of ketones is 1. The summed E-state index contributed by atoms with van der Waals surface area (Å²) in [5, 5.41) is 8.00. The Labute approximate surface area is 280 Å². The number of alkyl carbamates (subject to hydrolysis) is 1. The Morgan fingerprint density at radius 2 is 1.17 bits per heavy atom. The van der Waals surface area contributed by atoms with Crippen molar-refractivity contribution in [1.82, 2.24) is 16.0 Å². The van der Waals surface area contributed by atoms with Crippen molar-refractivity contribution in [1.29, 1.82) is 0 Å². The summed E-state index contributed by atoms with van der Waals surface area (Å²) < 4.78 is 16.1. The lowest BCUT2D eigenvalue weighted by atomic mass is 9.94. The molecule has 1 aliphatic rings. The van der Waals surface area contributed by atoms with E-state index in [-0.39, 0.29) is 31.8 Å². The van der Waals surface area contributed by atoms with Crippen LogP contribution in [0.25, 0.3) is 0 Å². The summed E-state index contributed by atoms with van der Waals surface area (Å²) in [5.41, 5.74) is 0.447. The fourth-order valence-electron chi connectivity index (χ4n) is 4.95. The second kappa shape index (κ2) is 16.2. The fourth-order valence-corrected chi connectivity index (χ4v) is 4.95. The largest absolute Gasteiger partial charge is 0.460 e. The van der Waals surface area contributed by atoms with Crippen molar-refractivity contribution in [3.05, 3.63) is 108 Å². The zero-order valence-electron chi connectivity index (χ0n) is 27.7. The highest BCUT2D eigenvalue weighted by Crippen LogP contribution is 2.29. The quantitative estimate of drug-likeness (QED) is 0.165. The van der Waals surface area contributed by atoms with Crippen LogP contribution >= 0.6 is 0 Å². The maximum atomic E-state index is 13.9. The third-order valence-corrected chi connectivity index (χ3v) is 7.54. The van der Waals surface area contributed by atoms with Gasteiger partial charge in [-0.2, -0.15) is 0 Å². The number of carbonyl (C=O) groups is 5. The van der Waals surface area contributed by atoms with Crippen molar-refractivity contribution in [2.45, 2.75) is 82.9 Å². The number of hydrogen-bond donors (Lipinski definition) is 3. The van der Waals surface area contributed by atoms with E-state index in [4.69, 9.17) is 14.2 Å². The van der Waals surface area contributed by atoms with Crippen molar-refractivity contribution in [2.75, 3.05) is 6.61 Å². The molecule has 4 atom stereocenters. The molecule has 1 heterocycles. The van der Waals surface area contributed by atoms with Crippen molar-refractivity contribution < 1.29 is 38.2 Å². The molecule has 0 aliphatic carbocycles. The summed E-state index contributed by atoms with van der Waals surface area (Å²) in [6, 6.07) is 23.7. The van der Waals surface area contributed by atoms with Crippen LogP contribution in [-0.2, 0) is 52.8 Å². The van der Waals surface area contributed by atoms with Crippen LogP contribution in [0.2, 0.25) is 0 Å². The standard InChI is InChI=1S/C37H43N3O8/c1-36(2,3)48-31(41)22-30(40-35(45)46-23-27-18-12-7-13-19-27)34(44)39-29(21-26-16-10-6-11-17-26)33(43)38-28(32(42)37(4)24-47-37)20-25-14-8-5-9-15-25/h5-19,28-30H,20-24H2,1-4H3,(H,38,43)(H,39,44)(H,40,45)/t28-,29?,30-,37+/m0/s1. The van der Waals surface area contributed by atoms with Gasteiger partial charge >= 0.3 is 12.1 Å². The number of amides is 3. The molecule has 1 unspecified atom stereocenters. The minimum Gasteiger partial charge on any atom is -0.460 e. The molecular weight excluding hydrogens is 614 g/mol. The highest BCUT2D eigenvalue weighted by atomic mass is 16.6. The first-order chi connectivity index (χ1) is 22.8. The maximum absolute atomic E-state index is 13.9. The molecule has 0 saturated carbocycles. The molecule has 3 amide bonds. The third kappa shape index (κ3) is 11.3. The molecule has 0 bridgehead atoms. The van der Waals surface area contributed by atoms with E-state index in [0.717, 1.165) is 16.7 Å². The van der Waals surface area contributed by atoms with Crippen molar-refractivity contribution in [2.24, 2.45) is 0 Å².